The highest BCUT2D eigenvalue weighted by molar-refractivity contribution is 5.11. The number of hydrogen-bond donors (Lipinski definition) is 0. The summed E-state index contributed by atoms with van der Waals surface area (Å²) in [6, 6.07) is 4.36. The Morgan fingerprint density at radius 3 is 2.29 bits per heavy atom. The number of aromatic nitrogens is 2. The van der Waals surface area contributed by atoms with Gasteiger partial charge in [0.05, 0.1) is 11.4 Å². The van der Waals surface area contributed by atoms with E-state index in [9.17, 15) is 0 Å². The van der Waals surface area contributed by atoms with Gasteiger partial charge in [0.2, 0.25) is 0 Å². The molecule has 118 valence electrons. The SMILES string of the molecule is CCCCCCC[C@H]1CC[C@H](c2ccc(CC)nn2)CC1. The molecule has 1 heterocycles. The van der Waals surface area contributed by atoms with Gasteiger partial charge in [-0.3, -0.25) is 0 Å². The van der Waals surface area contributed by atoms with Gasteiger partial charge in [-0.2, -0.15) is 10.2 Å². The lowest BCUT2D eigenvalue weighted by Gasteiger charge is -2.28. The van der Waals surface area contributed by atoms with E-state index in [-0.39, 0.29) is 0 Å². The van der Waals surface area contributed by atoms with E-state index < -0.39 is 0 Å². The number of unbranched alkanes of at least 4 members (excludes halogenated alkanes) is 4. The highest BCUT2D eigenvalue weighted by Gasteiger charge is 2.23. The third kappa shape index (κ3) is 5.41. The first-order valence-electron chi connectivity index (χ1n) is 9.16. The molecule has 0 N–H and O–H groups in total. The summed E-state index contributed by atoms with van der Waals surface area (Å²) in [7, 11) is 0. The molecule has 0 spiro atoms. The van der Waals surface area contributed by atoms with Crippen molar-refractivity contribution in [2.75, 3.05) is 0 Å². The van der Waals surface area contributed by atoms with Gasteiger partial charge >= 0.3 is 0 Å². The Kier molecular flexibility index (Phi) is 7.18. The summed E-state index contributed by atoms with van der Waals surface area (Å²) in [6.07, 6.45) is 15.0. The number of hydrogen-bond acceptors (Lipinski definition) is 2. The summed E-state index contributed by atoms with van der Waals surface area (Å²) in [4.78, 5) is 0. The molecule has 2 rings (SSSR count). The molecule has 0 saturated heterocycles. The van der Waals surface area contributed by atoms with Crippen molar-refractivity contribution in [2.24, 2.45) is 5.92 Å². The van der Waals surface area contributed by atoms with Crippen molar-refractivity contribution in [3.63, 3.8) is 0 Å². The zero-order valence-electron chi connectivity index (χ0n) is 14.0. The van der Waals surface area contributed by atoms with Crippen LogP contribution < -0.4 is 0 Å². The molecule has 1 aromatic heterocycles. The average Bonchev–Trinajstić information content (AvgIpc) is 2.55. The fourth-order valence-electron chi connectivity index (χ4n) is 3.56. The van der Waals surface area contributed by atoms with Crippen molar-refractivity contribution in [3.8, 4) is 0 Å². The van der Waals surface area contributed by atoms with Gasteiger partial charge in [0.25, 0.3) is 0 Å². The molecule has 1 aromatic rings. The summed E-state index contributed by atoms with van der Waals surface area (Å²) in [5.41, 5.74) is 2.34. The molecule has 2 nitrogen and oxygen atoms in total. The predicted molar refractivity (Wildman–Crippen MR) is 89.5 cm³/mol. The Hall–Kier alpha value is -0.920. The molecule has 0 aliphatic heterocycles. The van der Waals surface area contributed by atoms with Crippen LogP contribution in [0.4, 0.5) is 0 Å². The van der Waals surface area contributed by atoms with Gasteiger partial charge in [-0.25, -0.2) is 0 Å². The maximum atomic E-state index is 4.44. The minimum atomic E-state index is 0.666. The van der Waals surface area contributed by atoms with Crippen molar-refractivity contribution in [1.29, 1.82) is 0 Å². The monoisotopic (exact) mass is 288 g/mol. The Balaban J connectivity index is 1.67. The molecule has 1 fully saturated rings. The minimum absolute atomic E-state index is 0.666. The normalized spacial score (nSPS) is 22.4. The smallest absolute Gasteiger partial charge is 0.0662 e. The van der Waals surface area contributed by atoms with Crippen LogP contribution in [0.2, 0.25) is 0 Å². The van der Waals surface area contributed by atoms with Crippen LogP contribution in [0.5, 0.6) is 0 Å². The lowest BCUT2D eigenvalue weighted by molar-refractivity contribution is 0.298. The van der Waals surface area contributed by atoms with Crippen molar-refractivity contribution in [3.05, 3.63) is 23.5 Å². The zero-order chi connectivity index (χ0) is 14.9. The maximum absolute atomic E-state index is 4.44. The first-order chi connectivity index (χ1) is 10.3. The van der Waals surface area contributed by atoms with Gasteiger partial charge in [0.15, 0.2) is 0 Å². The average molecular weight is 288 g/mol. The number of nitrogens with zero attached hydrogens (tertiary/aromatic N) is 2. The first-order valence-corrected chi connectivity index (χ1v) is 9.16. The van der Waals surface area contributed by atoms with Crippen molar-refractivity contribution < 1.29 is 0 Å². The Bertz CT molecular complexity index is 377. The second-order valence-corrected chi connectivity index (χ2v) is 6.72. The molecule has 0 unspecified atom stereocenters. The van der Waals surface area contributed by atoms with Gasteiger partial charge in [-0.15, -0.1) is 0 Å². The highest BCUT2D eigenvalue weighted by Crippen LogP contribution is 2.36. The summed E-state index contributed by atoms with van der Waals surface area (Å²) >= 11 is 0. The van der Waals surface area contributed by atoms with Crippen LogP contribution in [0.15, 0.2) is 12.1 Å². The van der Waals surface area contributed by atoms with Gasteiger partial charge < -0.3 is 0 Å². The third-order valence-electron chi connectivity index (χ3n) is 5.08. The number of rotatable bonds is 8. The van der Waals surface area contributed by atoms with Crippen LogP contribution in [-0.2, 0) is 6.42 Å². The molecule has 0 bridgehead atoms. The molecule has 1 saturated carbocycles. The van der Waals surface area contributed by atoms with E-state index in [1.54, 1.807) is 0 Å². The summed E-state index contributed by atoms with van der Waals surface area (Å²) in [5, 5.41) is 8.76. The number of aryl methyl sites for hydroxylation is 1. The largest absolute Gasteiger partial charge is 0.155 e. The van der Waals surface area contributed by atoms with Crippen LogP contribution >= 0.6 is 0 Å². The van der Waals surface area contributed by atoms with E-state index >= 15 is 0 Å². The Labute approximate surface area is 130 Å². The summed E-state index contributed by atoms with van der Waals surface area (Å²) in [6.45, 7) is 4.42. The van der Waals surface area contributed by atoms with E-state index in [0.29, 0.717) is 5.92 Å². The van der Waals surface area contributed by atoms with Crippen molar-refractivity contribution in [1.82, 2.24) is 10.2 Å². The minimum Gasteiger partial charge on any atom is -0.155 e. The lowest BCUT2D eigenvalue weighted by atomic mass is 9.78. The molecule has 1 aliphatic rings. The summed E-state index contributed by atoms with van der Waals surface area (Å²) < 4.78 is 0. The van der Waals surface area contributed by atoms with Gasteiger partial charge in [0, 0.05) is 5.92 Å². The molecule has 0 amide bonds. The van der Waals surface area contributed by atoms with Gasteiger partial charge in [0.1, 0.15) is 0 Å². The molecule has 0 atom stereocenters. The molecule has 21 heavy (non-hydrogen) atoms. The fraction of sp³-hybridized carbons (Fsp3) is 0.789. The zero-order valence-corrected chi connectivity index (χ0v) is 14.0. The Morgan fingerprint density at radius 1 is 0.905 bits per heavy atom. The standard InChI is InChI=1S/C19H32N2/c1-3-5-6-7-8-9-16-10-12-17(13-11-16)19-15-14-18(4-2)20-21-19/h14-17H,3-13H2,1-2H3/t16-,17-. The van der Waals surface area contributed by atoms with Crippen LogP contribution in [0.1, 0.15) is 95.4 Å². The van der Waals surface area contributed by atoms with Gasteiger partial charge in [-0.1, -0.05) is 52.4 Å². The Morgan fingerprint density at radius 2 is 1.67 bits per heavy atom. The van der Waals surface area contributed by atoms with Crippen LogP contribution in [0.3, 0.4) is 0 Å². The first kappa shape index (κ1) is 16.5. The van der Waals surface area contributed by atoms with Crippen molar-refractivity contribution >= 4 is 0 Å². The third-order valence-corrected chi connectivity index (χ3v) is 5.08. The van der Waals surface area contributed by atoms with Crippen LogP contribution in [0, 0.1) is 5.92 Å². The second kappa shape index (κ2) is 9.17. The van der Waals surface area contributed by atoms with E-state index in [1.165, 1.54) is 69.9 Å². The molecule has 0 radical (unpaired) electrons. The van der Waals surface area contributed by atoms with Crippen LogP contribution in [0.25, 0.3) is 0 Å². The van der Waals surface area contributed by atoms with Crippen LogP contribution in [-0.4, -0.2) is 10.2 Å². The highest BCUT2D eigenvalue weighted by atomic mass is 15.1. The van der Waals surface area contributed by atoms with E-state index in [0.717, 1.165) is 18.0 Å². The van der Waals surface area contributed by atoms with Crippen molar-refractivity contribution in [2.45, 2.75) is 90.4 Å². The molecule has 1 aliphatic carbocycles. The van der Waals surface area contributed by atoms with E-state index in [4.69, 9.17) is 0 Å². The molecule has 2 heteroatoms. The molecular formula is C19H32N2. The maximum Gasteiger partial charge on any atom is 0.0662 e. The quantitative estimate of drug-likeness (QED) is 0.576. The second-order valence-electron chi connectivity index (χ2n) is 6.72. The fourth-order valence-corrected chi connectivity index (χ4v) is 3.56. The van der Waals surface area contributed by atoms with E-state index in [1.807, 2.05) is 0 Å². The molecule has 0 aromatic carbocycles. The molecular weight excluding hydrogens is 256 g/mol. The van der Waals surface area contributed by atoms with Gasteiger partial charge in [-0.05, 0) is 50.2 Å². The summed E-state index contributed by atoms with van der Waals surface area (Å²) in [5.74, 6) is 1.64. The topological polar surface area (TPSA) is 25.8 Å². The van der Waals surface area contributed by atoms with E-state index in [2.05, 4.69) is 36.2 Å². The predicted octanol–water partition coefficient (Wildman–Crippen LogP) is 5.67. The lowest BCUT2D eigenvalue weighted by Crippen LogP contribution is -2.15.